The normalized spacial score (nSPS) is 10.9. The molecule has 0 saturated heterocycles. The molecule has 16 heavy (non-hydrogen) atoms. The summed E-state index contributed by atoms with van der Waals surface area (Å²) >= 11 is 5.78. The van der Waals surface area contributed by atoms with Crippen LogP contribution in [0.3, 0.4) is 0 Å². The van der Waals surface area contributed by atoms with Gasteiger partial charge in [0.25, 0.3) is 0 Å². The number of aromatic nitrogens is 1. The molecule has 0 bridgehead atoms. The van der Waals surface area contributed by atoms with E-state index in [4.69, 9.17) is 16.9 Å². The van der Waals surface area contributed by atoms with Crippen molar-refractivity contribution in [2.45, 2.75) is 26.7 Å². The van der Waals surface area contributed by atoms with Crippen LogP contribution in [0.25, 0.3) is 0 Å². The minimum Gasteiger partial charge on any atom is -0.369 e. The van der Waals surface area contributed by atoms with Crippen LogP contribution in [0.2, 0.25) is 5.15 Å². The second-order valence-electron chi connectivity index (χ2n) is 4.52. The highest BCUT2D eigenvalue weighted by atomic mass is 35.5. The molecular formula is C12H16ClN3. The van der Waals surface area contributed by atoms with E-state index in [1.807, 2.05) is 12.1 Å². The molecule has 0 radical (unpaired) electrons. The first-order valence-corrected chi connectivity index (χ1v) is 5.65. The molecule has 3 nitrogen and oxygen atoms in total. The molecule has 0 amide bonds. The van der Waals surface area contributed by atoms with E-state index >= 15 is 0 Å². The highest BCUT2D eigenvalue weighted by molar-refractivity contribution is 6.29. The number of nitrogens with one attached hydrogen (secondary N) is 1. The highest BCUT2D eigenvalue weighted by Gasteiger charge is 2.17. The summed E-state index contributed by atoms with van der Waals surface area (Å²) in [6.45, 7) is 5.03. The van der Waals surface area contributed by atoms with Gasteiger partial charge in [-0.1, -0.05) is 31.5 Å². The summed E-state index contributed by atoms with van der Waals surface area (Å²) in [5.41, 5.74) is 0.0831. The van der Waals surface area contributed by atoms with Crippen molar-refractivity contribution in [3.05, 3.63) is 23.4 Å². The fourth-order valence-electron chi connectivity index (χ4n) is 1.32. The Labute approximate surface area is 101 Å². The van der Waals surface area contributed by atoms with Crippen LogP contribution in [0, 0.1) is 16.7 Å². The van der Waals surface area contributed by atoms with Crippen molar-refractivity contribution in [3.63, 3.8) is 0 Å². The Kier molecular flexibility index (Phi) is 4.57. The van der Waals surface area contributed by atoms with Crippen molar-refractivity contribution in [1.29, 1.82) is 5.26 Å². The van der Waals surface area contributed by atoms with Crippen molar-refractivity contribution in [2.75, 3.05) is 11.9 Å². The average molecular weight is 238 g/mol. The van der Waals surface area contributed by atoms with E-state index in [9.17, 15) is 0 Å². The predicted molar refractivity (Wildman–Crippen MR) is 66.4 cm³/mol. The van der Waals surface area contributed by atoms with Gasteiger partial charge in [0.1, 0.15) is 11.0 Å². The molecule has 0 fully saturated rings. The quantitative estimate of drug-likeness (QED) is 0.798. The summed E-state index contributed by atoms with van der Waals surface area (Å²) in [7, 11) is 0. The largest absolute Gasteiger partial charge is 0.369 e. The summed E-state index contributed by atoms with van der Waals surface area (Å²) in [6.07, 6.45) is 1.45. The number of hydrogen-bond donors (Lipinski definition) is 1. The topological polar surface area (TPSA) is 48.7 Å². The van der Waals surface area contributed by atoms with Crippen LogP contribution in [0.1, 0.15) is 26.7 Å². The molecule has 0 saturated carbocycles. The molecule has 0 unspecified atom stereocenters. The Hall–Kier alpha value is -1.27. The van der Waals surface area contributed by atoms with Gasteiger partial charge in [0.15, 0.2) is 0 Å². The second-order valence-corrected chi connectivity index (χ2v) is 4.91. The predicted octanol–water partition coefficient (Wildman–Crippen LogP) is 3.48. The maximum atomic E-state index is 8.55. The minimum atomic E-state index is 0.0831. The Morgan fingerprint density at radius 2 is 2.25 bits per heavy atom. The van der Waals surface area contributed by atoms with E-state index in [0.717, 1.165) is 18.8 Å². The van der Waals surface area contributed by atoms with Gasteiger partial charge in [0, 0.05) is 13.0 Å². The standard InChI is InChI=1S/C12H16ClN3/c1-12(2,7-4-8-14)9-15-11-6-3-5-10(13)16-11/h3,5-6H,4,7,9H2,1-2H3,(H,15,16). The number of hydrogen-bond acceptors (Lipinski definition) is 3. The summed E-state index contributed by atoms with van der Waals surface area (Å²) < 4.78 is 0. The fraction of sp³-hybridized carbons (Fsp3) is 0.500. The highest BCUT2D eigenvalue weighted by Crippen LogP contribution is 2.22. The maximum absolute atomic E-state index is 8.55. The molecule has 0 spiro atoms. The Bertz CT molecular complexity index is 382. The average Bonchev–Trinajstić information content (AvgIpc) is 2.24. The lowest BCUT2D eigenvalue weighted by Gasteiger charge is -2.24. The van der Waals surface area contributed by atoms with Crippen molar-refractivity contribution in [3.8, 4) is 6.07 Å². The molecular weight excluding hydrogens is 222 g/mol. The van der Waals surface area contributed by atoms with Gasteiger partial charge in [0.2, 0.25) is 0 Å². The van der Waals surface area contributed by atoms with Crippen molar-refractivity contribution >= 4 is 17.4 Å². The molecule has 1 aromatic heterocycles. The number of anilines is 1. The van der Waals surface area contributed by atoms with E-state index in [-0.39, 0.29) is 5.41 Å². The van der Waals surface area contributed by atoms with Crippen LogP contribution in [0.4, 0.5) is 5.82 Å². The third-order valence-electron chi connectivity index (χ3n) is 2.38. The Morgan fingerprint density at radius 3 is 2.88 bits per heavy atom. The van der Waals surface area contributed by atoms with Gasteiger partial charge < -0.3 is 5.32 Å². The summed E-state index contributed by atoms with van der Waals surface area (Å²) in [5, 5.41) is 12.3. The van der Waals surface area contributed by atoms with E-state index < -0.39 is 0 Å². The van der Waals surface area contributed by atoms with Crippen LogP contribution in [0.5, 0.6) is 0 Å². The lowest BCUT2D eigenvalue weighted by atomic mass is 9.88. The molecule has 86 valence electrons. The third-order valence-corrected chi connectivity index (χ3v) is 2.59. The fourth-order valence-corrected chi connectivity index (χ4v) is 1.48. The van der Waals surface area contributed by atoms with Gasteiger partial charge in [-0.15, -0.1) is 0 Å². The van der Waals surface area contributed by atoms with Crippen molar-refractivity contribution < 1.29 is 0 Å². The minimum absolute atomic E-state index is 0.0831. The van der Waals surface area contributed by atoms with E-state index in [2.05, 4.69) is 30.2 Å². The molecule has 0 atom stereocenters. The van der Waals surface area contributed by atoms with E-state index in [1.165, 1.54) is 0 Å². The van der Waals surface area contributed by atoms with Crippen molar-refractivity contribution in [2.24, 2.45) is 5.41 Å². The summed E-state index contributed by atoms with van der Waals surface area (Å²) in [4.78, 5) is 4.15. The van der Waals surface area contributed by atoms with Crippen LogP contribution in [0.15, 0.2) is 18.2 Å². The molecule has 0 aliphatic rings. The van der Waals surface area contributed by atoms with Crippen LogP contribution >= 0.6 is 11.6 Å². The molecule has 1 rings (SSSR count). The van der Waals surface area contributed by atoms with Gasteiger partial charge in [-0.25, -0.2) is 4.98 Å². The van der Waals surface area contributed by atoms with Crippen LogP contribution < -0.4 is 5.32 Å². The molecule has 0 aromatic carbocycles. The monoisotopic (exact) mass is 237 g/mol. The summed E-state index contributed by atoms with van der Waals surface area (Å²) in [5.74, 6) is 0.775. The van der Waals surface area contributed by atoms with Gasteiger partial charge in [0.05, 0.1) is 6.07 Å². The number of rotatable bonds is 5. The number of pyridine rings is 1. The zero-order valence-electron chi connectivity index (χ0n) is 9.63. The lowest BCUT2D eigenvalue weighted by Crippen LogP contribution is -2.23. The SMILES string of the molecule is CC(C)(CCC#N)CNc1cccc(Cl)n1. The van der Waals surface area contributed by atoms with Gasteiger partial charge in [-0.05, 0) is 24.0 Å². The number of nitrogens with zero attached hydrogens (tertiary/aromatic N) is 2. The van der Waals surface area contributed by atoms with E-state index in [0.29, 0.717) is 11.6 Å². The first-order chi connectivity index (χ1) is 7.53. The smallest absolute Gasteiger partial charge is 0.131 e. The second kappa shape index (κ2) is 5.72. The van der Waals surface area contributed by atoms with Gasteiger partial charge in [-0.2, -0.15) is 5.26 Å². The molecule has 0 aliphatic carbocycles. The third kappa shape index (κ3) is 4.50. The van der Waals surface area contributed by atoms with Gasteiger partial charge >= 0.3 is 0 Å². The molecule has 1 heterocycles. The number of halogens is 1. The molecule has 0 aliphatic heterocycles. The van der Waals surface area contributed by atoms with Gasteiger partial charge in [-0.3, -0.25) is 0 Å². The number of nitriles is 1. The van der Waals surface area contributed by atoms with Crippen LogP contribution in [-0.4, -0.2) is 11.5 Å². The first kappa shape index (κ1) is 12.8. The molecule has 4 heteroatoms. The first-order valence-electron chi connectivity index (χ1n) is 5.27. The Balaban J connectivity index is 2.48. The Morgan fingerprint density at radius 1 is 1.50 bits per heavy atom. The maximum Gasteiger partial charge on any atom is 0.131 e. The van der Waals surface area contributed by atoms with Crippen molar-refractivity contribution in [1.82, 2.24) is 4.98 Å². The lowest BCUT2D eigenvalue weighted by molar-refractivity contribution is 0.363. The summed E-state index contributed by atoms with van der Waals surface area (Å²) in [6, 6.07) is 7.65. The zero-order valence-corrected chi connectivity index (χ0v) is 10.4. The molecule has 1 aromatic rings. The van der Waals surface area contributed by atoms with E-state index in [1.54, 1.807) is 6.07 Å². The zero-order chi connectivity index (χ0) is 12.0. The van der Waals surface area contributed by atoms with Crippen LogP contribution in [-0.2, 0) is 0 Å². The molecule has 1 N–H and O–H groups in total.